The second-order valence-corrected chi connectivity index (χ2v) is 6.58. The van der Waals surface area contributed by atoms with Gasteiger partial charge in [0.25, 0.3) is 11.5 Å². The lowest BCUT2D eigenvalue weighted by Crippen LogP contribution is -2.26. The molecule has 0 saturated heterocycles. The van der Waals surface area contributed by atoms with Gasteiger partial charge in [0.2, 0.25) is 0 Å². The van der Waals surface area contributed by atoms with Gasteiger partial charge >= 0.3 is 5.97 Å². The Kier molecular flexibility index (Phi) is 5.53. The molecular weight excluding hydrogens is 401 g/mol. The van der Waals surface area contributed by atoms with Crippen molar-refractivity contribution in [1.29, 1.82) is 0 Å². The van der Waals surface area contributed by atoms with Crippen molar-refractivity contribution >= 4 is 28.3 Å². The zero-order chi connectivity index (χ0) is 21.8. The molecule has 4 aromatic rings. The third-order valence-electron chi connectivity index (χ3n) is 4.44. The van der Waals surface area contributed by atoms with Crippen LogP contribution in [0.25, 0.3) is 16.5 Å². The number of ether oxygens (including phenoxy) is 1. The van der Waals surface area contributed by atoms with E-state index in [1.54, 1.807) is 54.6 Å². The third-order valence-corrected chi connectivity index (χ3v) is 4.44. The van der Waals surface area contributed by atoms with Gasteiger partial charge in [0.1, 0.15) is 5.82 Å². The highest BCUT2D eigenvalue weighted by Gasteiger charge is 2.19. The normalized spacial score (nSPS) is 10.6. The van der Waals surface area contributed by atoms with E-state index in [0.29, 0.717) is 11.1 Å². The van der Waals surface area contributed by atoms with Crippen LogP contribution >= 0.6 is 0 Å². The van der Waals surface area contributed by atoms with E-state index < -0.39 is 24.3 Å². The number of anilines is 1. The summed E-state index contributed by atoms with van der Waals surface area (Å²) in [5.41, 5.74) is 0.234. The van der Waals surface area contributed by atoms with Crippen molar-refractivity contribution in [2.75, 3.05) is 11.9 Å². The quantitative estimate of drug-likeness (QED) is 0.503. The van der Waals surface area contributed by atoms with Gasteiger partial charge in [0.05, 0.1) is 11.1 Å². The van der Waals surface area contributed by atoms with Crippen LogP contribution < -0.4 is 10.9 Å². The minimum absolute atomic E-state index is 0.0994. The van der Waals surface area contributed by atoms with Crippen LogP contribution in [0.5, 0.6) is 0 Å². The molecule has 0 saturated carbocycles. The molecule has 1 amide bonds. The fraction of sp³-hybridized carbons (Fsp3) is 0.0435. The monoisotopic (exact) mass is 417 g/mol. The summed E-state index contributed by atoms with van der Waals surface area (Å²) in [6, 6.07) is 20.5. The average Bonchev–Trinajstić information content (AvgIpc) is 2.78. The number of halogens is 1. The summed E-state index contributed by atoms with van der Waals surface area (Å²) in [6.07, 6.45) is 0. The minimum Gasteiger partial charge on any atom is -0.451 e. The van der Waals surface area contributed by atoms with Crippen LogP contribution in [0.1, 0.15) is 10.5 Å². The molecular formula is C23H16FN3O4. The highest BCUT2D eigenvalue weighted by atomic mass is 19.1. The molecule has 1 aromatic heterocycles. The van der Waals surface area contributed by atoms with Gasteiger partial charge in [0.15, 0.2) is 12.3 Å². The highest BCUT2D eigenvalue weighted by molar-refractivity contribution is 6.03. The Labute approximate surface area is 175 Å². The Morgan fingerprint density at radius 1 is 0.935 bits per heavy atom. The standard InChI is InChI=1S/C23H16FN3O4/c24-15-7-6-8-16(13-15)25-20(28)14-31-23(30)21-18-11-4-5-12-19(18)22(29)27(26-21)17-9-2-1-3-10-17/h1-13H,14H2,(H,25,28). The van der Waals surface area contributed by atoms with Crippen molar-refractivity contribution in [3.63, 3.8) is 0 Å². The van der Waals surface area contributed by atoms with Gasteiger partial charge in [-0.25, -0.2) is 9.18 Å². The largest absolute Gasteiger partial charge is 0.451 e. The summed E-state index contributed by atoms with van der Waals surface area (Å²) < 4.78 is 19.5. The number of rotatable bonds is 5. The van der Waals surface area contributed by atoms with Crippen LogP contribution in [0.2, 0.25) is 0 Å². The van der Waals surface area contributed by atoms with Crippen molar-refractivity contribution in [3.05, 3.63) is 101 Å². The van der Waals surface area contributed by atoms with Gasteiger partial charge in [0, 0.05) is 11.1 Å². The number of hydrogen-bond donors (Lipinski definition) is 1. The number of benzene rings is 3. The lowest BCUT2D eigenvalue weighted by atomic mass is 10.1. The van der Waals surface area contributed by atoms with Crippen molar-refractivity contribution in [2.45, 2.75) is 0 Å². The van der Waals surface area contributed by atoms with E-state index in [1.165, 1.54) is 18.2 Å². The molecule has 0 aliphatic carbocycles. The molecule has 1 N–H and O–H groups in total. The Hall–Kier alpha value is -4.33. The molecule has 0 radical (unpaired) electrons. The Balaban J connectivity index is 1.61. The third kappa shape index (κ3) is 4.32. The fourth-order valence-electron chi connectivity index (χ4n) is 3.05. The van der Waals surface area contributed by atoms with E-state index in [9.17, 15) is 18.8 Å². The van der Waals surface area contributed by atoms with E-state index in [2.05, 4.69) is 10.4 Å². The maximum atomic E-state index is 13.2. The average molecular weight is 417 g/mol. The molecule has 0 aliphatic heterocycles. The second kappa shape index (κ2) is 8.58. The van der Waals surface area contributed by atoms with E-state index in [-0.39, 0.29) is 22.3 Å². The number of aromatic nitrogens is 2. The summed E-state index contributed by atoms with van der Waals surface area (Å²) in [4.78, 5) is 37.7. The van der Waals surface area contributed by atoms with Crippen LogP contribution in [0.4, 0.5) is 10.1 Å². The maximum Gasteiger partial charge on any atom is 0.359 e. The van der Waals surface area contributed by atoms with Crippen molar-refractivity contribution in [2.24, 2.45) is 0 Å². The summed E-state index contributed by atoms with van der Waals surface area (Å²) in [5.74, 6) is -2.01. The molecule has 8 heteroatoms. The molecule has 31 heavy (non-hydrogen) atoms. The fourth-order valence-corrected chi connectivity index (χ4v) is 3.05. The van der Waals surface area contributed by atoms with Crippen molar-refractivity contribution in [3.8, 4) is 5.69 Å². The number of hydrogen-bond acceptors (Lipinski definition) is 5. The molecule has 0 unspecified atom stereocenters. The molecule has 0 bridgehead atoms. The molecule has 1 heterocycles. The zero-order valence-corrected chi connectivity index (χ0v) is 16.1. The SMILES string of the molecule is O=C(COC(=O)c1nn(-c2ccccc2)c(=O)c2ccccc12)Nc1cccc(F)c1. The Morgan fingerprint density at radius 2 is 1.65 bits per heavy atom. The summed E-state index contributed by atoms with van der Waals surface area (Å²) in [7, 11) is 0. The van der Waals surface area contributed by atoms with Crippen LogP contribution in [-0.4, -0.2) is 28.3 Å². The lowest BCUT2D eigenvalue weighted by Gasteiger charge is -2.11. The molecule has 0 fully saturated rings. The van der Waals surface area contributed by atoms with Gasteiger partial charge < -0.3 is 10.1 Å². The van der Waals surface area contributed by atoms with Crippen molar-refractivity contribution < 1.29 is 18.7 Å². The van der Waals surface area contributed by atoms with Crippen LogP contribution in [-0.2, 0) is 9.53 Å². The summed E-state index contributed by atoms with van der Waals surface area (Å²) in [5, 5.41) is 7.24. The number of nitrogens with zero attached hydrogens (tertiary/aromatic N) is 2. The maximum absolute atomic E-state index is 13.2. The summed E-state index contributed by atoms with van der Waals surface area (Å²) >= 11 is 0. The van der Waals surface area contributed by atoms with Gasteiger partial charge in [-0.15, -0.1) is 0 Å². The van der Waals surface area contributed by atoms with E-state index in [4.69, 9.17) is 4.74 Å². The number of esters is 1. The van der Waals surface area contributed by atoms with Gasteiger partial charge in [-0.2, -0.15) is 9.78 Å². The number of carbonyl (C=O) groups is 2. The van der Waals surface area contributed by atoms with E-state index in [1.807, 2.05) is 0 Å². The highest BCUT2D eigenvalue weighted by Crippen LogP contribution is 2.16. The van der Waals surface area contributed by atoms with Crippen LogP contribution in [0.3, 0.4) is 0 Å². The van der Waals surface area contributed by atoms with Crippen LogP contribution in [0.15, 0.2) is 83.7 Å². The number of amides is 1. The predicted octanol–water partition coefficient (Wildman–Crippen LogP) is 3.32. The van der Waals surface area contributed by atoms with Crippen LogP contribution in [0, 0.1) is 5.82 Å². The first-order valence-corrected chi connectivity index (χ1v) is 9.33. The number of fused-ring (bicyclic) bond motifs is 1. The Bertz CT molecular complexity index is 1340. The molecule has 7 nitrogen and oxygen atoms in total. The first kappa shape index (κ1) is 20.0. The topological polar surface area (TPSA) is 90.3 Å². The first-order valence-electron chi connectivity index (χ1n) is 9.33. The molecule has 154 valence electrons. The summed E-state index contributed by atoms with van der Waals surface area (Å²) in [6.45, 7) is -0.601. The second-order valence-electron chi connectivity index (χ2n) is 6.58. The van der Waals surface area contributed by atoms with Gasteiger partial charge in [-0.1, -0.05) is 42.5 Å². The first-order chi connectivity index (χ1) is 15.0. The predicted molar refractivity (Wildman–Crippen MR) is 113 cm³/mol. The van der Waals surface area contributed by atoms with E-state index in [0.717, 1.165) is 10.7 Å². The number of nitrogens with one attached hydrogen (secondary N) is 1. The van der Waals surface area contributed by atoms with Gasteiger partial charge in [-0.3, -0.25) is 9.59 Å². The smallest absolute Gasteiger partial charge is 0.359 e. The molecule has 0 spiro atoms. The molecule has 0 aliphatic rings. The number of para-hydroxylation sites is 1. The van der Waals surface area contributed by atoms with E-state index >= 15 is 0 Å². The lowest BCUT2D eigenvalue weighted by molar-refractivity contribution is -0.119. The number of carbonyl (C=O) groups excluding carboxylic acids is 2. The molecule has 0 atom stereocenters. The minimum atomic E-state index is -0.865. The zero-order valence-electron chi connectivity index (χ0n) is 16.1. The Morgan fingerprint density at radius 3 is 2.39 bits per heavy atom. The molecule has 3 aromatic carbocycles. The molecule has 4 rings (SSSR count). The van der Waals surface area contributed by atoms with Crippen molar-refractivity contribution in [1.82, 2.24) is 9.78 Å². The van der Waals surface area contributed by atoms with Gasteiger partial charge in [-0.05, 0) is 36.4 Å².